The molecule has 2 aromatic rings. The van der Waals surface area contributed by atoms with Crippen LogP contribution in [0.25, 0.3) is 0 Å². The number of carbonyl (C=O) groups excluding carboxylic acids is 1. The predicted octanol–water partition coefficient (Wildman–Crippen LogP) is 3.53. The molecule has 3 rings (SSSR count). The van der Waals surface area contributed by atoms with Gasteiger partial charge in [0.25, 0.3) is 0 Å². The minimum absolute atomic E-state index is 0.00329. The standard InChI is InChI=1S/C22H25ClN2O5/c1-27-14-22(26)25(12-15-5-4-6-17(23)9-15)13-18-11-19(24-30-18)16-7-8-20(28-2)21(10-16)29-3/h4-10,18H,11-14H2,1-3H3/t18-/m0/s1. The highest BCUT2D eigenvalue weighted by Crippen LogP contribution is 2.29. The summed E-state index contributed by atoms with van der Waals surface area (Å²) in [6.45, 7) is 0.792. The molecule has 1 aliphatic heterocycles. The second-order valence-corrected chi connectivity index (χ2v) is 7.31. The van der Waals surface area contributed by atoms with Crippen LogP contribution in [0.3, 0.4) is 0 Å². The fourth-order valence-electron chi connectivity index (χ4n) is 3.28. The summed E-state index contributed by atoms with van der Waals surface area (Å²) in [5.41, 5.74) is 2.62. The Kier molecular flexibility index (Phi) is 7.54. The lowest BCUT2D eigenvalue weighted by Gasteiger charge is -2.25. The lowest BCUT2D eigenvalue weighted by Crippen LogP contribution is -2.39. The van der Waals surface area contributed by atoms with E-state index in [0.717, 1.165) is 16.8 Å². The van der Waals surface area contributed by atoms with Gasteiger partial charge in [0.1, 0.15) is 6.61 Å². The Morgan fingerprint density at radius 3 is 2.67 bits per heavy atom. The summed E-state index contributed by atoms with van der Waals surface area (Å²) in [4.78, 5) is 19.9. The largest absolute Gasteiger partial charge is 0.493 e. The molecule has 0 radical (unpaired) electrons. The van der Waals surface area contributed by atoms with E-state index in [4.69, 9.17) is 30.6 Å². The summed E-state index contributed by atoms with van der Waals surface area (Å²) < 4.78 is 15.7. The zero-order valence-corrected chi connectivity index (χ0v) is 18.0. The highest BCUT2D eigenvalue weighted by atomic mass is 35.5. The van der Waals surface area contributed by atoms with E-state index in [1.807, 2.05) is 36.4 Å². The maximum absolute atomic E-state index is 12.6. The molecule has 1 atom stereocenters. The summed E-state index contributed by atoms with van der Waals surface area (Å²) in [7, 11) is 4.68. The Labute approximate surface area is 181 Å². The van der Waals surface area contributed by atoms with Gasteiger partial charge in [-0.15, -0.1) is 0 Å². The minimum atomic E-state index is -0.256. The first-order chi connectivity index (χ1) is 14.5. The van der Waals surface area contributed by atoms with Gasteiger partial charge in [0.15, 0.2) is 17.6 Å². The van der Waals surface area contributed by atoms with Crippen LogP contribution in [0.15, 0.2) is 47.6 Å². The van der Waals surface area contributed by atoms with E-state index in [2.05, 4.69) is 5.16 Å². The molecule has 1 aliphatic rings. The molecule has 0 N–H and O–H groups in total. The molecule has 2 aromatic carbocycles. The Balaban J connectivity index is 1.68. The molecule has 1 heterocycles. The van der Waals surface area contributed by atoms with Crippen molar-refractivity contribution < 1.29 is 23.8 Å². The molecule has 0 spiro atoms. The van der Waals surface area contributed by atoms with Crippen molar-refractivity contribution in [2.45, 2.75) is 19.1 Å². The van der Waals surface area contributed by atoms with Crippen LogP contribution in [-0.4, -0.2) is 57.1 Å². The van der Waals surface area contributed by atoms with Crippen molar-refractivity contribution in [3.63, 3.8) is 0 Å². The minimum Gasteiger partial charge on any atom is -0.493 e. The SMILES string of the molecule is COCC(=O)N(Cc1cccc(Cl)c1)C[C@@H]1CC(c2ccc(OC)c(OC)c2)=NO1. The van der Waals surface area contributed by atoms with E-state index < -0.39 is 0 Å². The molecular formula is C22H25ClN2O5. The van der Waals surface area contributed by atoms with Gasteiger partial charge in [-0.25, -0.2) is 0 Å². The number of amides is 1. The fourth-order valence-corrected chi connectivity index (χ4v) is 3.50. The highest BCUT2D eigenvalue weighted by molar-refractivity contribution is 6.30. The Morgan fingerprint density at radius 1 is 1.17 bits per heavy atom. The molecule has 30 heavy (non-hydrogen) atoms. The maximum atomic E-state index is 12.6. The number of hydrogen-bond acceptors (Lipinski definition) is 6. The van der Waals surface area contributed by atoms with Crippen LogP contribution in [0.4, 0.5) is 0 Å². The van der Waals surface area contributed by atoms with Crippen molar-refractivity contribution in [3.05, 3.63) is 58.6 Å². The molecule has 0 unspecified atom stereocenters. The number of nitrogens with zero attached hydrogens (tertiary/aromatic N) is 2. The van der Waals surface area contributed by atoms with E-state index in [1.165, 1.54) is 7.11 Å². The summed E-state index contributed by atoms with van der Waals surface area (Å²) in [5.74, 6) is 1.15. The van der Waals surface area contributed by atoms with Crippen molar-refractivity contribution in [3.8, 4) is 11.5 Å². The number of oxime groups is 1. The van der Waals surface area contributed by atoms with Gasteiger partial charge in [-0.1, -0.05) is 28.9 Å². The summed E-state index contributed by atoms with van der Waals surface area (Å²) >= 11 is 6.08. The van der Waals surface area contributed by atoms with E-state index >= 15 is 0 Å². The number of benzene rings is 2. The molecule has 0 aliphatic carbocycles. The van der Waals surface area contributed by atoms with Crippen molar-refractivity contribution in [1.82, 2.24) is 4.90 Å². The average Bonchev–Trinajstić information content (AvgIpc) is 3.21. The van der Waals surface area contributed by atoms with Gasteiger partial charge in [-0.2, -0.15) is 0 Å². The topological polar surface area (TPSA) is 69.6 Å². The smallest absolute Gasteiger partial charge is 0.248 e. The highest BCUT2D eigenvalue weighted by Gasteiger charge is 2.27. The van der Waals surface area contributed by atoms with Crippen LogP contribution in [0, 0.1) is 0 Å². The van der Waals surface area contributed by atoms with Gasteiger partial charge in [-0.05, 0) is 35.9 Å². The Morgan fingerprint density at radius 2 is 1.97 bits per heavy atom. The number of carbonyl (C=O) groups is 1. The summed E-state index contributed by atoms with van der Waals surface area (Å²) in [6, 6.07) is 13.0. The van der Waals surface area contributed by atoms with Gasteiger partial charge in [0.05, 0.1) is 26.5 Å². The number of halogens is 1. The second-order valence-electron chi connectivity index (χ2n) is 6.88. The third-order valence-corrected chi connectivity index (χ3v) is 4.99. The van der Waals surface area contributed by atoms with Gasteiger partial charge < -0.3 is 23.9 Å². The van der Waals surface area contributed by atoms with E-state index in [9.17, 15) is 4.79 Å². The summed E-state index contributed by atoms with van der Waals surface area (Å²) in [5, 5.41) is 4.86. The number of hydrogen-bond donors (Lipinski definition) is 0. The van der Waals surface area contributed by atoms with E-state index in [0.29, 0.717) is 36.0 Å². The van der Waals surface area contributed by atoms with Crippen molar-refractivity contribution in [2.75, 3.05) is 34.5 Å². The van der Waals surface area contributed by atoms with E-state index in [1.54, 1.807) is 25.2 Å². The molecule has 1 amide bonds. The Bertz CT molecular complexity index is 918. The first-order valence-corrected chi connectivity index (χ1v) is 9.88. The van der Waals surface area contributed by atoms with Crippen LogP contribution < -0.4 is 9.47 Å². The predicted molar refractivity (Wildman–Crippen MR) is 114 cm³/mol. The number of methoxy groups -OCH3 is 3. The third-order valence-electron chi connectivity index (χ3n) is 4.76. The first-order valence-electron chi connectivity index (χ1n) is 9.50. The fraction of sp³-hybridized carbons (Fsp3) is 0.364. The van der Waals surface area contributed by atoms with Crippen LogP contribution in [0.1, 0.15) is 17.5 Å². The van der Waals surface area contributed by atoms with Gasteiger partial charge in [0.2, 0.25) is 5.91 Å². The molecule has 0 bridgehead atoms. The van der Waals surface area contributed by atoms with Gasteiger partial charge in [-0.3, -0.25) is 4.79 Å². The molecule has 0 aromatic heterocycles. The number of ether oxygens (including phenoxy) is 3. The Hall–Kier alpha value is -2.77. The first kappa shape index (κ1) is 21.9. The maximum Gasteiger partial charge on any atom is 0.248 e. The molecule has 0 saturated heterocycles. The lowest BCUT2D eigenvalue weighted by molar-refractivity contribution is -0.137. The van der Waals surface area contributed by atoms with Crippen molar-refractivity contribution in [2.24, 2.45) is 5.16 Å². The third kappa shape index (κ3) is 5.43. The van der Waals surface area contributed by atoms with Crippen LogP contribution in [0.2, 0.25) is 5.02 Å². The second kappa shape index (κ2) is 10.3. The van der Waals surface area contributed by atoms with Crippen LogP contribution in [-0.2, 0) is 20.9 Å². The van der Waals surface area contributed by atoms with Gasteiger partial charge >= 0.3 is 0 Å². The average molecular weight is 433 g/mol. The van der Waals surface area contributed by atoms with Crippen LogP contribution in [0.5, 0.6) is 11.5 Å². The monoisotopic (exact) mass is 432 g/mol. The van der Waals surface area contributed by atoms with Crippen molar-refractivity contribution in [1.29, 1.82) is 0 Å². The zero-order chi connectivity index (χ0) is 21.5. The molecule has 0 saturated carbocycles. The molecular weight excluding hydrogens is 408 g/mol. The zero-order valence-electron chi connectivity index (χ0n) is 17.3. The lowest BCUT2D eigenvalue weighted by atomic mass is 10.0. The normalized spacial score (nSPS) is 15.3. The van der Waals surface area contributed by atoms with Gasteiger partial charge in [0, 0.05) is 30.7 Å². The molecule has 8 heteroatoms. The van der Waals surface area contributed by atoms with E-state index in [-0.39, 0.29) is 18.6 Å². The quantitative estimate of drug-likeness (QED) is 0.606. The summed E-state index contributed by atoms with van der Waals surface area (Å²) in [6.07, 6.45) is 0.315. The molecule has 0 fully saturated rings. The van der Waals surface area contributed by atoms with Crippen molar-refractivity contribution >= 4 is 23.2 Å². The molecule has 7 nitrogen and oxygen atoms in total. The van der Waals surface area contributed by atoms with Crippen LogP contribution >= 0.6 is 11.6 Å². The molecule has 160 valence electrons. The number of rotatable bonds is 9.